The van der Waals surface area contributed by atoms with Gasteiger partial charge in [-0.05, 0) is 41.8 Å². The maximum atomic E-state index is 13.2. The van der Waals surface area contributed by atoms with E-state index < -0.39 is 6.61 Å². The fourth-order valence-electron chi connectivity index (χ4n) is 2.50. The first-order chi connectivity index (χ1) is 12.9. The van der Waals surface area contributed by atoms with E-state index in [1.165, 1.54) is 23.5 Å². The lowest BCUT2D eigenvalue weighted by Crippen LogP contribution is -2.06. The van der Waals surface area contributed by atoms with E-state index in [9.17, 15) is 13.2 Å². The van der Waals surface area contributed by atoms with Gasteiger partial charge in [-0.3, -0.25) is 0 Å². The largest absolute Gasteiger partial charge is 0.375 e. The van der Waals surface area contributed by atoms with Gasteiger partial charge in [0.2, 0.25) is 0 Å². The Kier molecular flexibility index (Phi) is 7.34. The Balaban J connectivity index is 0.000000596. The number of aliphatic hydroxyl groups excluding tert-OH is 1. The number of benzene rings is 2. The number of halogens is 3. The predicted molar refractivity (Wildman–Crippen MR) is 97.9 cm³/mol. The molecule has 0 saturated heterocycles. The highest BCUT2D eigenvalue weighted by molar-refractivity contribution is 7.13. The van der Waals surface area contributed by atoms with Gasteiger partial charge in [0, 0.05) is 11.3 Å². The summed E-state index contributed by atoms with van der Waals surface area (Å²) in [5.41, 5.74) is 9.34. The lowest BCUT2D eigenvalue weighted by molar-refractivity contribution is -0.0728. The lowest BCUT2D eigenvalue weighted by atomic mass is 9.89. The van der Waals surface area contributed by atoms with E-state index >= 15 is 0 Å². The van der Waals surface area contributed by atoms with Crippen molar-refractivity contribution < 1.29 is 18.3 Å². The van der Waals surface area contributed by atoms with Gasteiger partial charge in [-0.15, -0.1) is 11.3 Å². The average Bonchev–Trinajstić information content (AvgIpc) is 3.07. The third kappa shape index (κ3) is 6.40. The molecule has 8 heteroatoms. The third-order valence-corrected chi connectivity index (χ3v) is 4.38. The Bertz CT molecular complexity index is 887. The van der Waals surface area contributed by atoms with Gasteiger partial charge in [0.05, 0.1) is 17.3 Å². The predicted octanol–water partition coefficient (Wildman–Crippen LogP) is 4.31. The molecular formula is C19H16F3N3OS. The van der Waals surface area contributed by atoms with Crippen molar-refractivity contribution in [2.24, 2.45) is 0 Å². The zero-order valence-electron chi connectivity index (χ0n) is 14.0. The molecule has 3 aromatic rings. The molecule has 1 unspecified atom stereocenters. The monoisotopic (exact) mass is 391 g/mol. The summed E-state index contributed by atoms with van der Waals surface area (Å²) in [6.07, 6.45) is 0.709. The Morgan fingerprint density at radius 3 is 2.19 bits per heavy atom. The summed E-state index contributed by atoms with van der Waals surface area (Å²) in [6.45, 7) is -3.17. The summed E-state index contributed by atoms with van der Waals surface area (Å²) in [5.74, 6) is -0.263. The van der Waals surface area contributed by atoms with Crippen molar-refractivity contribution in [2.75, 3.05) is 5.73 Å². The van der Waals surface area contributed by atoms with Crippen LogP contribution in [0.5, 0.6) is 0 Å². The number of anilines is 1. The van der Waals surface area contributed by atoms with Gasteiger partial charge in [-0.25, -0.2) is 9.37 Å². The van der Waals surface area contributed by atoms with E-state index in [4.69, 9.17) is 16.1 Å². The number of nitrogens with two attached hydrogens (primary N) is 1. The van der Waals surface area contributed by atoms with Crippen LogP contribution in [0.2, 0.25) is 0 Å². The van der Waals surface area contributed by atoms with Gasteiger partial charge in [0.25, 0.3) is 0 Å². The number of nitrogen functional groups attached to an aromatic ring is 1. The van der Waals surface area contributed by atoms with Gasteiger partial charge in [0.15, 0.2) is 5.13 Å². The maximum Gasteiger partial charge on any atom is 0.342 e. The minimum Gasteiger partial charge on any atom is -0.375 e. The average molecular weight is 391 g/mol. The SMILES string of the molecule is N#Cc1ccc(CC(c2ccc(F)cc2)c2csc(N)n2)cc1.OC(F)F. The van der Waals surface area contributed by atoms with Crippen LogP contribution >= 0.6 is 11.3 Å². The summed E-state index contributed by atoms with van der Waals surface area (Å²) in [4.78, 5) is 4.39. The molecule has 1 atom stereocenters. The van der Waals surface area contributed by atoms with Crippen LogP contribution in [-0.4, -0.2) is 16.7 Å². The topological polar surface area (TPSA) is 82.9 Å². The molecule has 27 heavy (non-hydrogen) atoms. The second-order valence-electron chi connectivity index (χ2n) is 5.51. The summed E-state index contributed by atoms with van der Waals surface area (Å²) in [6, 6.07) is 16.0. The number of alkyl halides is 2. The Morgan fingerprint density at radius 1 is 1.11 bits per heavy atom. The molecule has 0 aliphatic carbocycles. The normalized spacial score (nSPS) is 11.4. The molecule has 0 radical (unpaired) electrons. The van der Waals surface area contributed by atoms with Gasteiger partial charge in [0.1, 0.15) is 5.82 Å². The van der Waals surface area contributed by atoms with Crippen molar-refractivity contribution in [3.05, 3.63) is 82.1 Å². The molecule has 3 N–H and O–H groups in total. The van der Waals surface area contributed by atoms with Crippen LogP contribution in [-0.2, 0) is 6.42 Å². The van der Waals surface area contributed by atoms with Crippen LogP contribution in [0.15, 0.2) is 53.9 Å². The Labute approximate surface area is 158 Å². The second-order valence-corrected chi connectivity index (χ2v) is 6.39. The van der Waals surface area contributed by atoms with Crippen LogP contribution in [0.25, 0.3) is 0 Å². The Hall–Kier alpha value is -2.89. The fourth-order valence-corrected chi connectivity index (χ4v) is 3.12. The molecule has 4 nitrogen and oxygen atoms in total. The molecule has 0 bridgehead atoms. The first kappa shape index (κ1) is 20.4. The highest BCUT2D eigenvalue weighted by Gasteiger charge is 2.18. The van der Waals surface area contributed by atoms with E-state index in [1.807, 2.05) is 17.5 Å². The molecule has 0 aliphatic rings. The van der Waals surface area contributed by atoms with Gasteiger partial charge < -0.3 is 10.8 Å². The van der Waals surface area contributed by atoms with Crippen molar-refractivity contribution >= 4 is 16.5 Å². The van der Waals surface area contributed by atoms with Crippen molar-refractivity contribution in [3.8, 4) is 6.07 Å². The quantitative estimate of drug-likeness (QED) is 0.694. The highest BCUT2D eigenvalue weighted by atomic mass is 32.1. The minimum absolute atomic E-state index is 0.00270. The van der Waals surface area contributed by atoms with Crippen LogP contribution in [0.1, 0.15) is 28.3 Å². The molecule has 0 aliphatic heterocycles. The molecule has 1 heterocycles. The summed E-state index contributed by atoms with van der Waals surface area (Å²) < 4.78 is 33.0. The minimum atomic E-state index is -3.17. The molecule has 0 saturated carbocycles. The number of nitrogens with zero attached hydrogens (tertiary/aromatic N) is 2. The van der Waals surface area contributed by atoms with Crippen LogP contribution < -0.4 is 5.73 Å². The standard InChI is InChI=1S/C18H14FN3S.CH2F2O/c19-15-7-5-14(6-8-15)16(17-11-23-18(21)22-17)9-12-1-3-13(10-20)4-2-12;2-1(3)4/h1-8,11,16H,9H2,(H2,21,22);1,4H. The third-order valence-electron chi connectivity index (χ3n) is 3.69. The summed E-state index contributed by atoms with van der Waals surface area (Å²) in [5, 5.41) is 18.1. The second kappa shape index (κ2) is 9.71. The molecule has 140 valence electrons. The van der Waals surface area contributed by atoms with E-state index in [1.54, 1.807) is 24.3 Å². The van der Waals surface area contributed by atoms with E-state index in [0.29, 0.717) is 17.1 Å². The Morgan fingerprint density at radius 2 is 1.70 bits per heavy atom. The number of aromatic nitrogens is 1. The zero-order valence-corrected chi connectivity index (χ0v) is 14.8. The number of hydrogen-bond donors (Lipinski definition) is 2. The number of nitriles is 1. The van der Waals surface area contributed by atoms with Crippen LogP contribution in [0.3, 0.4) is 0 Å². The van der Waals surface area contributed by atoms with Crippen LogP contribution in [0.4, 0.5) is 18.3 Å². The molecule has 0 amide bonds. The first-order valence-electron chi connectivity index (χ1n) is 7.80. The lowest BCUT2D eigenvalue weighted by Gasteiger charge is -2.16. The van der Waals surface area contributed by atoms with Gasteiger partial charge in [-0.2, -0.15) is 14.0 Å². The van der Waals surface area contributed by atoms with E-state index in [0.717, 1.165) is 16.8 Å². The number of aliphatic hydroxyl groups is 1. The number of rotatable bonds is 4. The summed E-state index contributed by atoms with van der Waals surface area (Å²) >= 11 is 1.40. The molecule has 0 fully saturated rings. The van der Waals surface area contributed by atoms with Crippen molar-refractivity contribution in [2.45, 2.75) is 19.0 Å². The van der Waals surface area contributed by atoms with Crippen molar-refractivity contribution in [1.82, 2.24) is 4.98 Å². The first-order valence-corrected chi connectivity index (χ1v) is 8.68. The highest BCUT2D eigenvalue weighted by Crippen LogP contribution is 2.30. The van der Waals surface area contributed by atoms with E-state index in [2.05, 4.69) is 11.1 Å². The van der Waals surface area contributed by atoms with Crippen molar-refractivity contribution in [3.63, 3.8) is 0 Å². The smallest absolute Gasteiger partial charge is 0.342 e. The van der Waals surface area contributed by atoms with Gasteiger partial charge in [-0.1, -0.05) is 24.3 Å². The van der Waals surface area contributed by atoms with Gasteiger partial charge >= 0.3 is 6.61 Å². The van der Waals surface area contributed by atoms with Crippen molar-refractivity contribution in [1.29, 1.82) is 5.26 Å². The molecule has 2 aromatic carbocycles. The number of thiazole rings is 1. The molecule has 3 rings (SSSR count). The summed E-state index contributed by atoms with van der Waals surface area (Å²) in [7, 11) is 0. The van der Waals surface area contributed by atoms with E-state index in [-0.39, 0.29) is 11.7 Å². The maximum absolute atomic E-state index is 13.2. The molecular weight excluding hydrogens is 375 g/mol. The molecule has 0 spiro atoms. The molecule has 1 aromatic heterocycles. The fraction of sp³-hybridized carbons (Fsp3) is 0.158. The number of hydrogen-bond acceptors (Lipinski definition) is 5. The van der Waals surface area contributed by atoms with Crippen LogP contribution in [0, 0.1) is 17.1 Å². The zero-order chi connectivity index (χ0) is 19.8.